The first-order valence-corrected chi connectivity index (χ1v) is 9.16. The lowest BCUT2D eigenvalue weighted by molar-refractivity contribution is 0.103. The number of nitrogens with zero attached hydrogens (tertiary/aromatic N) is 2. The summed E-state index contributed by atoms with van der Waals surface area (Å²) in [4.78, 5) is 24.1. The normalized spacial score (nSPS) is 10.7. The number of rotatable bonds is 4. The average molecular weight is 442 g/mol. The number of pyridine rings is 1. The number of anilines is 1. The molecule has 6 nitrogen and oxygen atoms in total. The topological polar surface area (TPSA) is 77.1 Å². The summed E-state index contributed by atoms with van der Waals surface area (Å²) in [7, 11) is 0. The van der Waals surface area contributed by atoms with Crippen molar-refractivity contribution >= 4 is 34.5 Å². The highest BCUT2D eigenvalue weighted by molar-refractivity contribution is 7.18. The zero-order valence-electron chi connectivity index (χ0n) is 14.6. The highest BCUT2D eigenvalue weighted by Gasteiger charge is 2.16. The van der Waals surface area contributed by atoms with Gasteiger partial charge in [0.05, 0.1) is 28.4 Å². The number of halogens is 4. The molecule has 0 aliphatic carbocycles. The molecule has 150 valence electrons. The fraction of sp³-hybridized carbons (Fsp3) is 0.167. The maximum atomic E-state index is 13.7. The van der Waals surface area contributed by atoms with Crippen molar-refractivity contribution in [2.45, 2.75) is 19.9 Å². The van der Waals surface area contributed by atoms with Crippen LogP contribution in [0, 0.1) is 24.6 Å². The number of nitrogens with one attached hydrogen (secondary N) is 1. The third kappa shape index (κ3) is 5.07. The van der Waals surface area contributed by atoms with E-state index in [0.717, 1.165) is 23.6 Å². The SMILES string of the molecule is Cc1cc(C#Cc2cc(C(=O)Nc3cc(F)c(=O)n(CC(F)F)c3)sc2Cl)on1. The second-order valence-corrected chi connectivity index (χ2v) is 7.41. The second-order valence-electron chi connectivity index (χ2n) is 5.76. The third-order valence-corrected chi connectivity index (χ3v) is 4.85. The van der Waals surface area contributed by atoms with Gasteiger partial charge in [0.15, 0.2) is 5.82 Å². The van der Waals surface area contributed by atoms with Gasteiger partial charge in [-0.1, -0.05) is 22.7 Å². The van der Waals surface area contributed by atoms with Crippen molar-refractivity contribution < 1.29 is 22.5 Å². The lowest BCUT2D eigenvalue weighted by atomic mass is 10.3. The smallest absolute Gasteiger partial charge is 0.286 e. The molecule has 0 bridgehead atoms. The monoisotopic (exact) mass is 441 g/mol. The zero-order chi connectivity index (χ0) is 21.1. The van der Waals surface area contributed by atoms with Gasteiger partial charge in [0.2, 0.25) is 5.76 Å². The minimum atomic E-state index is -2.86. The van der Waals surface area contributed by atoms with E-state index in [2.05, 4.69) is 22.3 Å². The van der Waals surface area contributed by atoms with Crippen LogP contribution < -0.4 is 10.9 Å². The molecular formula is C18H11ClF3N3O3S. The van der Waals surface area contributed by atoms with Crippen molar-refractivity contribution in [2.75, 3.05) is 5.32 Å². The molecule has 0 saturated carbocycles. The maximum Gasteiger partial charge on any atom is 0.286 e. The van der Waals surface area contributed by atoms with Gasteiger partial charge in [-0.05, 0) is 18.9 Å². The molecule has 0 aliphatic heterocycles. The Morgan fingerprint density at radius 3 is 2.79 bits per heavy atom. The zero-order valence-corrected chi connectivity index (χ0v) is 16.2. The van der Waals surface area contributed by atoms with Crippen molar-refractivity contribution in [1.29, 1.82) is 0 Å². The van der Waals surface area contributed by atoms with Crippen LogP contribution in [0.4, 0.5) is 18.9 Å². The molecule has 3 rings (SSSR count). The summed E-state index contributed by atoms with van der Waals surface area (Å²) in [5.74, 6) is 3.87. The number of amides is 1. The first kappa shape index (κ1) is 20.7. The molecule has 0 radical (unpaired) electrons. The van der Waals surface area contributed by atoms with Crippen LogP contribution in [0.25, 0.3) is 0 Å². The standard InChI is InChI=1S/C18H11ClF3N3O3S/c1-9-4-12(28-24-9)3-2-10-5-14(29-16(10)19)17(26)23-11-6-13(20)18(27)25(7-11)8-15(21)22/h4-7,15H,8H2,1H3,(H,23,26). The number of aryl methyl sites for hydroxylation is 1. The fourth-order valence-electron chi connectivity index (χ4n) is 2.26. The Morgan fingerprint density at radius 1 is 1.38 bits per heavy atom. The van der Waals surface area contributed by atoms with Crippen LogP contribution in [0.5, 0.6) is 0 Å². The molecule has 29 heavy (non-hydrogen) atoms. The molecule has 0 atom stereocenters. The van der Waals surface area contributed by atoms with Gasteiger partial charge in [-0.25, -0.2) is 13.2 Å². The Labute approximate surface area is 170 Å². The molecule has 3 heterocycles. The quantitative estimate of drug-likeness (QED) is 0.623. The Bertz CT molecular complexity index is 1190. The van der Waals surface area contributed by atoms with E-state index in [4.69, 9.17) is 16.1 Å². The molecule has 11 heteroatoms. The molecule has 1 N–H and O–H groups in total. The summed E-state index contributed by atoms with van der Waals surface area (Å²) in [5.41, 5.74) is -0.333. The number of hydrogen-bond acceptors (Lipinski definition) is 5. The highest BCUT2D eigenvalue weighted by Crippen LogP contribution is 2.28. The number of carbonyl (C=O) groups is 1. The molecule has 0 fully saturated rings. The summed E-state index contributed by atoms with van der Waals surface area (Å²) in [6, 6.07) is 3.80. The van der Waals surface area contributed by atoms with Crippen LogP contribution in [-0.2, 0) is 6.54 Å². The van der Waals surface area contributed by atoms with Gasteiger partial charge in [0.25, 0.3) is 17.9 Å². The van der Waals surface area contributed by atoms with E-state index in [-0.39, 0.29) is 14.9 Å². The van der Waals surface area contributed by atoms with Gasteiger partial charge >= 0.3 is 0 Å². The predicted octanol–water partition coefficient (Wildman–Crippen LogP) is 3.92. The van der Waals surface area contributed by atoms with E-state index >= 15 is 0 Å². The summed E-state index contributed by atoms with van der Waals surface area (Å²) in [6.45, 7) is 0.743. The maximum absolute atomic E-state index is 13.7. The lowest BCUT2D eigenvalue weighted by Gasteiger charge is -2.09. The van der Waals surface area contributed by atoms with Crippen LogP contribution in [0.3, 0.4) is 0 Å². The number of alkyl halides is 2. The predicted molar refractivity (Wildman–Crippen MR) is 101 cm³/mol. The van der Waals surface area contributed by atoms with Crippen LogP contribution >= 0.6 is 22.9 Å². The Balaban J connectivity index is 1.81. The number of aromatic nitrogens is 2. The van der Waals surface area contributed by atoms with Crippen LogP contribution in [0.2, 0.25) is 4.34 Å². The van der Waals surface area contributed by atoms with Crippen molar-refractivity contribution in [2.24, 2.45) is 0 Å². The van der Waals surface area contributed by atoms with Gasteiger partial charge < -0.3 is 14.4 Å². The Morgan fingerprint density at radius 2 is 2.14 bits per heavy atom. The van der Waals surface area contributed by atoms with Crippen molar-refractivity contribution in [3.8, 4) is 11.8 Å². The lowest BCUT2D eigenvalue weighted by Crippen LogP contribution is -2.26. The van der Waals surface area contributed by atoms with Gasteiger partial charge in [0.1, 0.15) is 4.34 Å². The Kier molecular flexibility index (Phi) is 6.10. The summed E-state index contributed by atoms with van der Waals surface area (Å²) in [6.07, 6.45) is -1.92. The molecule has 1 amide bonds. The summed E-state index contributed by atoms with van der Waals surface area (Å²) in [5, 5.41) is 6.05. The number of hydrogen-bond donors (Lipinski definition) is 1. The first-order valence-electron chi connectivity index (χ1n) is 7.97. The molecule has 0 unspecified atom stereocenters. The molecule has 0 aliphatic rings. The molecule has 0 spiro atoms. The van der Waals surface area contributed by atoms with Crippen molar-refractivity contribution in [3.63, 3.8) is 0 Å². The molecule has 3 aromatic heterocycles. The number of thiophene rings is 1. The first-order chi connectivity index (χ1) is 13.7. The molecular weight excluding hydrogens is 431 g/mol. The van der Waals surface area contributed by atoms with Crippen molar-refractivity contribution in [3.05, 3.63) is 66.8 Å². The minimum absolute atomic E-state index is 0.151. The van der Waals surface area contributed by atoms with E-state index in [1.807, 2.05) is 0 Å². The van der Waals surface area contributed by atoms with E-state index in [1.165, 1.54) is 6.07 Å². The van der Waals surface area contributed by atoms with Crippen LogP contribution in [0.15, 0.2) is 33.7 Å². The van der Waals surface area contributed by atoms with E-state index in [0.29, 0.717) is 21.6 Å². The van der Waals surface area contributed by atoms with Gasteiger partial charge in [-0.3, -0.25) is 9.59 Å². The van der Waals surface area contributed by atoms with Crippen LogP contribution in [-0.4, -0.2) is 22.1 Å². The van der Waals surface area contributed by atoms with E-state index in [1.54, 1.807) is 13.0 Å². The minimum Gasteiger partial charge on any atom is -0.347 e. The van der Waals surface area contributed by atoms with Gasteiger partial charge in [-0.2, -0.15) is 0 Å². The largest absolute Gasteiger partial charge is 0.347 e. The number of carbonyl (C=O) groups excluding carboxylic acids is 1. The fourth-order valence-corrected chi connectivity index (χ4v) is 3.35. The van der Waals surface area contributed by atoms with E-state index in [9.17, 15) is 22.8 Å². The van der Waals surface area contributed by atoms with E-state index < -0.39 is 30.3 Å². The van der Waals surface area contributed by atoms with Crippen molar-refractivity contribution in [1.82, 2.24) is 9.72 Å². The summed E-state index contributed by atoms with van der Waals surface area (Å²) >= 11 is 7.02. The van der Waals surface area contributed by atoms with Crippen LogP contribution in [0.1, 0.15) is 26.7 Å². The summed E-state index contributed by atoms with van der Waals surface area (Å²) < 4.78 is 44.4. The third-order valence-electron chi connectivity index (χ3n) is 3.49. The highest BCUT2D eigenvalue weighted by atomic mass is 35.5. The second kappa shape index (κ2) is 8.55. The van der Waals surface area contributed by atoms with Gasteiger partial charge in [0, 0.05) is 18.3 Å². The molecule has 0 saturated heterocycles. The Hall–Kier alpha value is -3.03. The molecule has 0 aromatic carbocycles. The van der Waals surface area contributed by atoms with Gasteiger partial charge in [-0.15, -0.1) is 11.3 Å². The average Bonchev–Trinajstić information content (AvgIpc) is 3.22. The molecule has 3 aromatic rings.